The third-order valence-corrected chi connectivity index (χ3v) is 6.18. The second-order valence-corrected chi connectivity index (χ2v) is 9.13. The zero-order valence-electron chi connectivity index (χ0n) is 23.5. The van der Waals surface area contributed by atoms with Crippen LogP contribution in [-0.4, -0.2) is 44.4 Å². The van der Waals surface area contributed by atoms with Crippen molar-refractivity contribution in [2.45, 2.75) is 26.5 Å². The highest BCUT2D eigenvalue weighted by atomic mass is 16.5. The van der Waals surface area contributed by atoms with Crippen molar-refractivity contribution in [3.05, 3.63) is 101 Å². The molecular weight excluding hydrogens is 540 g/mol. The summed E-state index contributed by atoms with van der Waals surface area (Å²) in [5, 5.41) is 9.30. The summed E-state index contributed by atoms with van der Waals surface area (Å²) in [5.74, 6) is 0.307. The van der Waals surface area contributed by atoms with Crippen molar-refractivity contribution >= 4 is 24.1 Å². The average Bonchev–Trinajstić information content (AvgIpc) is 2.99. The first kappa shape index (κ1) is 29.7. The van der Waals surface area contributed by atoms with E-state index in [2.05, 4.69) is 21.2 Å². The largest absolute Gasteiger partial charge is 0.493 e. The van der Waals surface area contributed by atoms with Gasteiger partial charge in [-0.15, -0.1) is 0 Å². The lowest BCUT2D eigenvalue weighted by molar-refractivity contribution is -0.139. The van der Waals surface area contributed by atoms with E-state index >= 15 is 0 Å². The monoisotopic (exact) mass is 572 g/mol. The molecule has 1 atom stereocenters. The Kier molecular flexibility index (Phi) is 10.1. The molecule has 0 aromatic heterocycles. The minimum absolute atomic E-state index is 0.189. The van der Waals surface area contributed by atoms with Gasteiger partial charge in [0.15, 0.2) is 18.1 Å². The molecule has 1 aliphatic rings. The molecule has 3 aromatic rings. The smallest absolute Gasteiger partial charge is 0.338 e. The van der Waals surface area contributed by atoms with Crippen LogP contribution in [0, 0.1) is 0 Å². The number of benzene rings is 3. The quantitative estimate of drug-likeness (QED) is 0.170. The second-order valence-electron chi connectivity index (χ2n) is 9.13. The lowest BCUT2D eigenvalue weighted by Crippen LogP contribution is -2.45. The van der Waals surface area contributed by atoms with Gasteiger partial charge in [-0.05, 0) is 66.9 Å². The number of ether oxygens (including phenoxy) is 4. The average molecular weight is 573 g/mol. The Bertz CT molecular complexity index is 1470. The topological polar surface area (TPSA) is 137 Å². The fraction of sp³-hybridized carbons (Fsp3) is 0.226. The normalized spacial score (nSPS) is 14.5. The summed E-state index contributed by atoms with van der Waals surface area (Å²) in [7, 11) is 1.45. The fourth-order valence-electron chi connectivity index (χ4n) is 4.15. The molecule has 42 heavy (non-hydrogen) atoms. The number of urea groups is 1. The molecule has 1 aliphatic heterocycles. The van der Waals surface area contributed by atoms with Crippen LogP contribution in [0.3, 0.4) is 0 Å². The van der Waals surface area contributed by atoms with E-state index in [1.54, 1.807) is 32.0 Å². The number of amides is 3. The van der Waals surface area contributed by atoms with Crippen molar-refractivity contribution in [3.63, 3.8) is 0 Å². The Hall–Kier alpha value is -5.32. The molecule has 0 aliphatic carbocycles. The van der Waals surface area contributed by atoms with Crippen LogP contribution in [0.2, 0.25) is 0 Å². The van der Waals surface area contributed by atoms with E-state index in [1.165, 1.54) is 13.3 Å². The van der Waals surface area contributed by atoms with Gasteiger partial charge < -0.3 is 29.6 Å². The molecule has 3 N–H and O–H groups in total. The van der Waals surface area contributed by atoms with E-state index < -0.39 is 23.9 Å². The van der Waals surface area contributed by atoms with Crippen molar-refractivity contribution in [1.29, 1.82) is 0 Å². The highest BCUT2D eigenvalue weighted by Crippen LogP contribution is 2.34. The van der Waals surface area contributed by atoms with Gasteiger partial charge in [0.25, 0.3) is 5.91 Å². The number of carbonyl (C=O) groups excluding carboxylic acids is 3. The Morgan fingerprint density at radius 1 is 1.00 bits per heavy atom. The maximum absolute atomic E-state index is 12.6. The van der Waals surface area contributed by atoms with Gasteiger partial charge in [-0.3, -0.25) is 4.79 Å². The number of hydrogen-bond acceptors (Lipinski definition) is 8. The number of hydrazone groups is 1. The molecule has 11 nitrogen and oxygen atoms in total. The van der Waals surface area contributed by atoms with Gasteiger partial charge in [0, 0.05) is 5.70 Å². The van der Waals surface area contributed by atoms with Gasteiger partial charge in [0.1, 0.15) is 12.4 Å². The molecule has 3 aromatic carbocycles. The van der Waals surface area contributed by atoms with E-state index in [1.807, 2.05) is 54.6 Å². The number of allylic oxidation sites excluding steroid dienone is 1. The van der Waals surface area contributed by atoms with Crippen LogP contribution >= 0.6 is 0 Å². The molecule has 3 amide bonds. The number of carbonyl (C=O) groups is 3. The van der Waals surface area contributed by atoms with Gasteiger partial charge in [-0.1, -0.05) is 36.4 Å². The first-order chi connectivity index (χ1) is 20.4. The van der Waals surface area contributed by atoms with Gasteiger partial charge in [-0.25, -0.2) is 15.0 Å². The molecule has 0 saturated heterocycles. The number of methoxy groups -OCH3 is 1. The summed E-state index contributed by atoms with van der Waals surface area (Å²) < 4.78 is 22.0. The predicted octanol–water partition coefficient (Wildman–Crippen LogP) is 3.99. The number of esters is 1. The molecule has 0 unspecified atom stereocenters. The van der Waals surface area contributed by atoms with Crippen LogP contribution in [0.15, 0.2) is 89.2 Å². The summed E-state index contributed by atoms with van der Waals surface area (Å²) in [6, 6.07) is 20.9. The summed E-state index contributed by atoms with van der Waals surface area (Å²) >= 11 is 0. The fourth-order valence-corrected chi connectivity index (χ4v) is 4.15. The van der Waals surface area contributed by atoms with Gasteiger partial charge >= 0.3 is 12.0 Å². The van der Waals surface area contributed by atoms with Crippen molar-refractivity contribution in [3.8, 4) is 17.2 Å². The molecule has 0 radical (unpaired) electrons. The summed E-state index contributed by atoms with van der Waals surface area (Å²) in [5.41, 5.74) is 5.52. The van der Waals surface area contributed by atoms with Crippen LogP contribution in [-0.2, 0) is 20.9 Å². The third-order valence-electron chi connectivity index (χ3n) is 6.18. The van der Waals surface area contributed by atoms with Crippen molar-refractivity contribution in [2.75, 3.05) is 20.3 Å². The van der Waals surface area contributed by atoms with Crippen LogP contribution in [0.5, 0.6) is 17.2 Å². The molecule has 0 bridgehead atoms. The third kappa shape index (κ3) is 7.87. The van der Waals surface area contributed by atoms with Crippen molar-refractivity contribution in [2.24, 2.45) is 5.10 Å². The molecule has 4 rings (SSSR count). The molecule has 218 valence electrons. The molecule has 0 spiro atoms. The van der Waals surface area contributed by atoms with Crippen LogP contribution < -0.4 is 30.3 Å². The number of hydrogen-bond donors (Lipinski definition) is 3. The summed E-state index contributed by atoms with van der Waals surface area (Å²) in [6.07, 6.45) is 1.51. The maximum atomic E-state index is 12.6. The Labute approximate surface area is 243 Å². The standard InChI is InChI=1S/C31H32N4O7/c1-4-40-30(37)28-20(2)33-31(38)34-29(28)23-12-15-25(26(16-23)39-3)42-19-27(36)35-32-17-21-10-13-24(14-11-21)41-18-22-8-6-5-7-9-22/h5-17,29H,4,18-19H2,1-3H3,(H,35,36)(H2,33,34,38)/b32-17-/t29-/m1/s1. The van der Waals surface area contributed by atoms with Crippen LogP contribution in [0.4, 0.5) is 4.79 Å². The van der Waals surface area contributed by atoms with Crippen LogP contribution in [0.25, 0.3) is 0 Å². The SMILES string of the molecule is CCOC(=O)C1=C(C)NC(=O)N[C@@H]1c1ccc(OCC(=O)N/N=C\c2ccc(OCc3ccccc3)cc2)c(OC)c1. The Morgan fingerprint density at radius 2 is 1.76 bits per heavy atom. The number of nitrogens with zero attached hydrogens (tertiary/aromatic N) is 1. The van der Waals surface area contributed by atoms with E-state index in [-0.39, 0.29) is 18.8 Å². The first-order valence-electron chi connectivity index (χ1n) is 13.2. The first-order valence-corrected chi connectivity index (χ1v) is 13.2. The molecule has 0 fully saturated rings. The lowest BCUT2D eigenvalue weighted by Gasteiger charge is -2.28. The maximum Gasteiger partial charge on any atom is 0.338 e. The van der Waals surface area contributed by atoms with E-state index in [4.69, 9.17) is 18.9 Å². The minimum atomic E-state index is -0.761. The lowest BCUT2D eigenvalue weighted by atomic mass is 9.95. The summed E-state index contributed by atoms with van der Waals surface area (Å²) in [6.45, 7) is 3.67. The van der Waals surface area contributed by atoms with Crippen molar-refractivity contribution in [1.82, 2.24) is 16.1 Å². The highest BCUT2D eigenvalue weighted by molar-refractivity contribution is 5.95. The molecule has 1 heterocycles. The number of nitrogens with one attached hydrogen (secondary N) is 3. The molecule has 11 heteroatoms. The van der Waals surface area contributed by atoms with Gasteiger partial charge in [0.2, 0.25) is 0 Å². The van der Waals surface area contributed by atoms with Gasteiger partial charge in [-0.2, -0.15) is 5.10 Å². The summed E-state index contributed by atoms with van der Waals surface area (Å²) in [4.78, 5) is 37.0. The van der Waals surface area contributed by atoms with E-state index in [0.29, 0.717) is 29.4 Å². The van der Waals surface area contributed by atoms with E-state index in [9.17, 15) is 14.4 Å². The number of rotatable bonds is 12. The highest BCUT2D eigenvalue weighted by Gasteiger charge is 2.32. The zero-order chi connectivity index (χ0) is 29.9. The predicted molar refractivity (Wildman–Crippen MR) is 155 cm³/mol. The Morgan fingerprint density at radius 3 is 2.48 bits per heavy atom. The van der Waals surface area contributed by atoms with Gasteiger partial charge in [0.05, 0.1) is 31.5 Å². The molecular formula is C31H32N4O7. The molecule has 0 saturated carbocycles. The van der Waals surface area contributed by atoms with E-state index in [0.717, 1.165) is 16.9 Å². The Balaban J connectivity index is 1.31. The van der Waals surface area contributed by atoms with Crippen LogP contribution in [0.1, 0.15) is 36.6 Å². The van der Waals surface area contributed by atoms with Crippen molar-refractivity contribution < 1.29 is 33.3 Å². The zero-order valence-corrected chi connectivity index (χ0v) is 23.5. The minimum Gasteiger partial charge on any atom is -0.493 e. The second kappa shape index (κ2) is 14.4.